The summed E-state index contributed by atoms with van der Waals surface area (Å²) >= 11 is 12.4. The van der Waals surface area contributed by atoms with Crippen molar-refractivity contribution in [2.75, 3.05) is 24.5 Å². The first kappa shape index (κ1) is 29.7. The van der Waals surface area contributed by atoms with Gasteiger partial charge >= 0.3 is 6.18 Å². The van der Waals surface area contributed by atoms with Crippen LogP contribution in [-0.4, -0.2) is 46.6 Å². The Hall–Kier alpha value is -2.30. The monoisotopic (exact) mass is 603 g/mol. The predicted molar refractivity (Wildman–Crippen MR) is 145 cm³/mol. The van der Waals surface area contributed by atoms with Crippen LogP contribution in [-0.2, 0) is 16.6 Å². The lowest BCUT2D eigenvalue weighted by molar-refractivity contribution is -0.142. The smallest absolute Gasteiger partial charge is 0.416 e. The van der Waals surface area contributed by atoms with Gasteiger partial charge in [0.05, 0.1) is 17.4 Å². The Kier molecular flexibility index (Phi) is 8.32. The van der Waals surface area contributed by atoms with Crippen LogP contribution in [0.3, 0.4) is 0 Å². The highest BCUT2D eigenvalue weighted by molar-refractivity contribution is 6.35. The van der Waals surface area contributed by atoms with Crippen LogP contribution in [0.2, 0.25) is 10.0 Å². The van der Waals surface area contributed by atoms with Crippen molar-refractivity contribution in [3.05, 3.63) is 69.5 Å². The maximum Gasteiger partial charge on any atom is 0.416 e. The van der Waals surface area contributed by atoms with Gasteiger partial charge in [-0.3, -0.25) is 4.79 Å². The third-order valence-electron chi connectivity index (χ3n) is 7.61. The van der Waals surface area contributed by atoms with Crippen molar-refractivity contribution >= 4 is 47.2 Å². The molecule has 5 rings (SSSR count). The lowest BCUT2D eigenvalue weighted by Crippen LogP contribution is -2.50. The summed E-state index contributed by atoms with van der Waals surface area (Å²) in [6.07, 6.45) is -0.728. The maximum absolute atomic E-state index is 14.5. The van der Waals surface area contributed by atoms with Crippen LogP contribution in [0.25, 0.3) is 11.5 Å². The van der Waals surface area contributed by atoms with Crippen molar-refractivity contribution in [1.29, 1.82) is 0 Å². The molecule has 1 atom stereocenters. The average molecular weight is 605 g/mol. The van der Waals surface area contributed by atoms with Gasteiger partial charge in [0.2, 0.25) is 5.89 Å². The van der Waals surface area contributed by atoms with Crippen LogP contribution in [0, 0.1) is 5.92 Å². The lowest BCUT2D eigenvalue weighted by atomic mass is 9.78. The minimum Gasteiger partial charge on any atom is -0.445 e. The fourth-order valence-electron chi connectivity index (χ4n) is 5.70. The van der Waals surface area contributed by atoms with Gasteiger partial charge in [-0.2, -0.15) is 13.2 Å². The van der Waals surface area contributed by atoms with Gasteiger partial charge in [0.25, 0.3) is 5.91 Å². The van der Waals surface area contributed by atoms with Gasteiger partial charge in [0, 0.05) is 39.3 Å². The summed E-state index contributed by atoms with van der Waals surface area (Å²) in [5.41, 5.74) is -4.56. The van der Waals surface area contributed by atoms with Gasteiger partial charge in [-0.15, -0.1) is 12.4 Å². The molecule has 2 heterocycles. The van der Waals surface area contributed by atoms with Gasteiger partial charge in [0.1, 0.15) is 6.26 Å². The standard InChI is InChI=1S/C27H26Cl2F3N3O3.ClH/c1-3-34(4-2)18-9-15(10-18)14-35-22-12-16(24-33-7-8-38-24)11-20(27(30,31)32)23(22)26(37,25(35)36)19-6-5-17(28)13-21(19)29;/h5-8,11-13,15,18,37H,3-4,9-10,14H2,1-2H3;1H. The lowest BCUT2D eigenvalue weighted by Gasteiger charge is -2.43. The minimum atomic E-state index is -4.90. The first-order valence-electron chi connectivity index (χ1n) is 12.4. The number of nitrogens with zero attached hydrogens (tertiary/aromatic N) is 3. The zero-order valence-corrected chi connectivity index (χ0v) is 23.5. The Bertz CT molecular complexity index is 1360. The average Bonchev–Trinajstić information content (AvgIpc) is 3.44. The number of oxazole rings is 1. The number of carbonyl (C=O) groups is 1. The molecule has 1 fully saturated rings. The van der Waals surface area contributed by atoms with E-state index in [4.69, 9.17) is 27.6 Å². The first-order chi connectivity index (χ1) is 18.0. The van der Waals surface area contributed by atoms with Crippen molar-refractivity contribution in [2.45, 2.75) is 44.5 Å². The third-order valence-corrected chi connectivity index (χ3v) is 8.16. The number of rotatable bonds is 7. The highest BCUT2D eigenvalue weighted by Crippen LogP contribution is 2.53. The molecule has 1 aromatic heterocycles. The number of amides is 1. The van der Waals surface area contributed by atoms with E-state index in [1.165, 1.54) is 41.6 Å². The zero-order valence-electron chi connectivity index (χ0n) is 21.1. The number of aromatic nitrogens is 1. The van der Waals surface area contributed by atoms with Gasteiger partial charge in [0.15, 0.2) is 5.60 Å². The SMILES string of the molecule is CCN(CC)C1CC(CN2C(=O)C(O)(c3ccc(Cl)cc3Cl)c3c2cc(-c2ncco2)cc3C(F)(F)F)C1.Cl. The van der Waals surface area contributed by atoms with E-state index in [1.807, 2.05) is 0 Å². The molecule has 3 aromatic rings. The van der Waals surface area contributed by atoms with E-state index in [1.54, 1.807) is 0 Å². The Labute approximate surface area is 240 Å². The number of hydrogen-bond acceptors (Lipinski definition) is 5. The topological polar surface area (TPSA) is 69.8 Å². The third kappa shape index (κ3) is 5.04. The molecular weight excluding hydrogens is 578 g/mol. The van der Waals surface area contributed by atoms with E-state index >= 15 is 0 Å². The fourth-order valence-corrected chi connectivity index (χ4v) is 6.25. The van der Waals surface area contributed by atoms with Gasteiger partial charge in [-0.1, -0.05) is 43.1 Å². The highest BCUT2D eigenvalue weighted by Gasteiger charge is 2.57. The van der Waals surface area contributed by atoms with E-state index in [0.717, 1.165) is 32.0 Å². The summed E-state index contributed by atoms with van der Waals surface area (Å²) in [5, 5.41) is 12.0. The number of alkyl halides is 3. The van der Waals surface area contributed by atoms with Crippen molar-refractivity contribution in [3.63, 3.8) is 0 Å². The highest BCUT2D eigenvalue weighted by atomic mass is 35.5. The molecule has 1 unspecified atom stereocenters. The Balaban J connectivity index is 0.00000353. The van der Waals surface area contributed by atoms with E-state index in [-0.39, 0.29) is 57.6 Å². The van der Waals surface area contributed by atoms with Crippen molar-refractivity contribution in [2.24, 2.45) is 5.92 Å². The molecule has 0 spiro atoms. The molecule has 0 bridgehead atoms. The number of carbonyl (C=O) groups excluding carboxylic acids is 1. The normalized spacial score (nSPS) is 22.6. The van der Waals surface area contributed by atoms with Crippen LogP contribution in [0.15, 0.2) is 47.2 Å². The maximum atomic E-state index is 14.5. The summed E-state index contributed by atoms with van der Waals surface area (Å²) in [7, 11) is 0. The first-order valence-corrected chi connectivity index (χ1v) is 13.1. The fraction of sp³-hybridized carbons (Fsp3) is 0.407. The van der Waals surface area contributed by atoms with Crippen LogP contribution >= 0.6 is 35.6 Å². The van der Waals surface area contributed by atoms with Crippen LogP contribution in [0.4, 0.5) is 18.9 Å². The van der Waals surface area contributed by atoms with E-state index in [0.29, 0.717) is 6.04 Å². The number of fused-ring (bicyclic) bond motifs is 1. The molecule has 1 N–H and O–H groups in total. The second kappa shape index (κ2) is 10.9. The predicted octanol–water partition coefficient (Wildman–Crippen LogP) is 6.79. The molecule has 2 aliphatic rings. The van der Waals surface area contributed by atoms with E-state index in [2.05, 4.69) is 23.7 Å². The Morgan fingerprint density at radius 3 is 2.44 bits per heavy atom. The number of aliphatic hydroxyl groups is 1. The van der Waals surface area contributed by atoms with Crippen LogP contribution < -0.4 is 4.90 Å². The second-order valence-electron chi connectivity index (χ2n) is 9.72. The summed E-state index contributed by atoms with van der Waals surface area (Å²) in [6.45, 7) is 6.10. The molecule has 1 aliphatic carbocycles. The summed E-state index contributed by atoms with van der Waals surface area (Å²) < 4.78 is 48.9. The molecule has 1 aliphatic heterocycles. The molecule has 39 heavy (non-hydrogen) atoms. The summed E-state index contributed by atoms with van der Waals surface area (Å²) in [5.74, 6) is -0.867. The van der Waals surface area contributed by atoms with Crippen LogP contribution in [0.5, 0.6) is 0 Å². The van der Waals surface area contributed by atoms with E-state index in [9.17, 15) is 23.1 Å². The minimum absolute atomic E-state index is 0. The molecule has 1 saturated carbocycles. The molecule has 2 aromatic carbocycles. The molecule has 210 valence electrons. The largest absolute Gasteiger partial charge is 0.445 e. The number of anilines is 1. The van der Waals surface area contributed by atoms with Gasteiger partial charge in [-0.25, -0.2) is 4.98 Å². The van der Waals surface area contributed by atoms with Crippen molar-refractivity contribution in [3.8, 4) is 11.5 Å². The quantitative estimate of drug-likeness (QED) is 0.322. The van der Waals surface area contributed by atoms with Crippen LogP contribution in [0.1, 0.15) is 43.4 Å². The second-order valence-corrected chi connectivity index (χ2v) is 10.6. The zero-order chi connectivity index (χ0) is 27.4. The number of hydrogen-bond donors (Lipinski definition) is 1. The summed E-state index contributed by atoms with van der Waals surface area (Å²) in [4.78, 5) is 21.5. The van der Waals surface area contributed by atoms with Gasteiger partial charge in [-0.05, 0) is 56.1 Å². The Morgan fingerprint density at radius 1 is 1.18 bits per heavy atom. The van der Waals surface area contributed by atoms with Crippen molar-refractivity contribution in [1.82, 2.24) is 9.88 Å². The van der Waals surface area contributed by atoms with Gasteiger partial charge < -0.3 is 19.3 Å². The summed E-state index contributed by atoms with van der Waals surface area (Å²) in [6, 6.07) is 6.57. The van der Waals surface area contributed by atoms with Crippen molar-refractivity contribution < 1.29 is 27.5 Å². The molecular formula is C27H27Cl3F3N3O3. The van der Waals surface area contributed by atoms with E-state index < -0.39 is 28.8 Å². The number of halogens is 6. The molecule has 0 saturated heterocycles. The molecule has 0 radical (unpaired) electrons. The Morgan fingerprint density at radius 2 is 1.87 bits per heavy atom. The molecule has 1 amide bonds. The molecule has 12 heteroatoms. The number of benzene rings is 2. The molecule has 6 nitrogen and oxygen atoms in total.